The molecule has 1 N–H and O–H groups in total. The number of hydrogen-bond donors (Lipinski definition) is 1. The molecule has 0 saturated heterocycles. The molecule has 0 aromatic carbocycles. The Morgan fingerprint density at radius 3 is 1.56 bits per heavy atom. The van der Waals surface area contributed by atoms with Crippen LogP contribution in [0.3, 0.4) is 0 Å². The third-order valence-corrected chi connectivity index (χ3v) is 0.960. The van der Waals surface area contributed by atoms with E-state index in [9.17, 15) is 4.79 Å². The van der Waals surface area contributed by atoms with Gasteiger partial charge in [-0.3, -0.25) is 9.59 Å². The van der Waals surface area contributed by atoms with Crippen molar-refractivity contribution in [1.29, 1.82) is 0 Å². The molecule has 0 atom stereocenters. The van der Waals surface area contributed by atoms with E-state index in [2.05, 4.69) is 4.74 Å². The van der Waals surface area contributed by atoms with Crippen LogP contribution in [-0.2, 0) is 19.1 Å². The topological polar surface area (TPSA) is 72.8 Å². The second kappa shape index (κ2) is 21.7. The smallest absolute Gasteiger partial charge is 0.302 e. The maximum absolute atomic E-state index is 9.82. The first kappa shape index (κ1) is 26.1. The maximum atomic E-state index is 9.82. The minimum Gasteiger partial charge on any atom is -0.483 e. The van der Waals surface area contributed by atoms with Gasteiger partial charge in [-0.15, -0.1) is 23.2 Å². The molecule has 0 aliphatic carbocycles. The summed E-state index contributed by atoms with van der Waals surface area (Å²) in [6.07, 6.45) is 0. The van der Waals surface area contributed by atoms with Crippen LogP contribution in [0.1, 0.15) is 34.6 Å². The summed E-state index contributed by atoms with van der Waals surface area (Å²) in [5.41, 5.74) is 0.0417. The molecule has 0 bridgehead atoms. The van der Waals surface area contributed by atoms with E-state index in [-0.39, 0.29) is 23.4 Å². The van der Waals surface area contributed by atoms with Crippen LogP contribution in [0.25, 0.3) is 0 Å². The normalized spacial score (nSPS) is 8.22. The van der Waals surface area contributed by atoms with Crippen molar-refractivity contribution in [2.24, 2.45) is 0 Å². The van der Waals surface area contributed by atoms with Gasteiger partial charge in [-0.25, -0.2) is 0 Å². The highest BCUT2D eigenvalue weighted by Crippen LogP contribution is 2.02. The van der Waals surface area contributed by atoms with Crippen LogP contribution < -0.4 is 0 Å². The molecule has 5 nitrogen and oxygen atoms in total. The van der Waals surface area contributed by atoms with E-state index in [1.54, 1.807) is 14.0 Å². The van der Waals surface area contributed by atoms with Gasteiger partial charge in [0.2, 0.25) is 0 Å². The molecular formula is C11H24Cl2O5. The lowest BCUT2D eigenvalue weighted by atomic mass is 10.2. The van der Waals surface area contributed by atoms with E-state index in [4.69, 9.17) is 37.8 Å². The molecular weight excluding hydrogens is 283 g/mol. The molecule has 0 aliphatic rings. The second-order valence-corrected chi connectivity index (χ2v) is 4.26. The summed E-state index contributed by atoms with van der Waals surface area (Å²) in [5, 5.41) is 7.08. The number of hydrogen-bond acceptors (Lipinski definition) is 4. The standard InChI is InChI=1S/C5H12O.C4H8O2.CH2Cl2.CH2O2/c1-5(2,3)6-4;1-3-6-4(2)5;2*2-1-3/h1-4H3;3H2,1-2H3;1H2;1H,(H,2,3). The molecule has 18 heavy (non-hydrogen) atoms. The molecule has 0 heterocycles. The maximum Gasteiger partial charge on any atom is 0.302 e. The first-order valence-electron chi connectivity index (χ1n) is 5.04. The molecule has 112 valence electrons. The van der Waals surface area contributed by atoms with Crippen LogP contribution in [0.15, 0.2) is 0 Å². The first-order chi connectivity index (χ1) is 8.16. The lowest BCUT2D eigenvalue weighted by Crippen LogP contribution is -2.15. The first-order valence-corrected chi connectivity index (χ1v) is 6.11. The van der Waals surface area contributed by atoms with Crippen LogP contribution in [0.4, 0.5) is 0 Å². The van der Waals surface area contributed by atoms with Gasteiger partial charge in [0.15, 0.2) is 0 Å². The zero-order valence-electron chi connectivity index (χ0n) is 11.8. The fraction of sp³-hybridized carbons (Fsp3) is 0.818. The SMILES string of the molecule is CCOC(C)=O.COC(C)(C)C.ClCCl.O=CO. The van der Waals surface area contributed by atoms with Gasteiger partial charge in [-0.2, -0.15) is 0 Å². The van der Waals surface area contributed by atoms with Crippen LogP contribution in [0, 0.1) is 0 Å². The van der Waals surface area contributed by atoms with Gasteiger partial charge < -0.3 is 14.6 Å². The minimum absolute atomic E-state index is 0.0417. The number of carbonyl (C=O) groups excluding carboxylic acids is 1. The van der Waals surface area contributed by atoms with E-state index in [1.165, 1.54) is 6.92 Å². The molecule has 0 saturated carbocycles. The monoisotopic (exact) mass is 306 g/mol. The highest BCUT2D eigenvalue weighted by atomic mass is 35.5. The van der Waals surface area contributed by atoms with E-state index < -0.39 is 0 Å². The number of halogens is 2. The molecule has 0 amide bonds. The molecule has 0 radical (unpaired) electrons. The van der Waals surface area contributed by atoms with Gasteiger partial charge in [0.05, 0.1) is 17.5 Å². The van der Waals surface area contributed by atoms with Crippen molar-refractivity contribution in [2.75, 3.05) is 19.1 Å². The number of alkyl halides is 2. The quantitative estimate of drug-likeness (QED) is 0.458. The molecule has 0 rings (SSSR count). The average Bonchev–Trinajstić information content (AvgIpc) is 2.19. The summed E-state index contributed by atoms with van der Waals surface area (Å²) in [6, 6.07) is 0. The van der Waals surface area contributed by atoms with Crippen LogP contribution >= 0.6 is 23.2 Å². The summed E-state index contributed by atoms with van der Waals surface area (Å²) in [6.45, 7) is 9.47. The predicted molar refractivity (Wildman–Crippen MR) is 74.3 cm³/mol. The lowest BCUT2D eigenvalue weighted by molar-refractivity contribution is -0.140. The van der Waals surface area contributed by atoms with Crippen LogP contribution in [0.5, 0.6) is 0 Å². The number of carboxylic acid groups (broad SMARTS) is 1. The van der Waals surface area contributed by atoms with Gasteiger partial charge >= 0.3 is 5.97 Å². The summed E-state index contributed by atoms with van der Waals surface area (Å²) in [5.74, 6) is -0.211. The number of methoxy groups -OCH3 is 1. The zero-order chi connectivity index (χ0) is 15.6. The van der Waals surface area contributed by atoms with Gasteiger partial charge in [0.25, 0.3) is 6.47 Å². The Morgan fingerprint density at radius 2 is 1.56 bits per heavy atom. The molecule has 0 fully saturated rings. The van der Waals surface area contributed by atoms with E-state index in [1.807, 2.05) is 20.8 Å². The Hall–Kier alpha value is -0.520. The summed E-state index contributed by atoms with van der Waals surface area (Å²) >= 11 is 9.53. The van der Waals surface area contributed by atoms with Crippen LogP contribution in [0.2, 0.25) is 0 Å². The molecule has 7 heteroatoms. The van der Waals surface area contributed by atoms with Crippen molar-refractivity contribution < 1.29 is 24.2 Å². The fourth-order valence-corrected chi connectivity index (χ4v) is 0.203. The Kier molecular flexibility index (Phi) is 31.5. The molecule has 0 aromatic rings. The highest BCUT2D eigenvalue weighted by Gasteiger charge is 2.03. The largest absolute Gasteiger partial charge is 0.483 e. The summed E-state index contributed by atoms with van der Waals surface area (Å²) in [7, 11) is 1.71. The molecule has 0 aromatic heterocycles. The zero-order valence-corrected chi connectivity index (χ0v) is 13.3. The van der Waals surface area contributed by atoms with Crippen molar-refractivity contribution in [1.82, 2.24) is 0 Å². The highest BCUT2D eigenvalue weighted by molar-refractivity contribution is 6.40. The van der Waals surface area contributed by atoms with E-state index >= 15 is 0 Å². The molecule has 0 unspecified atom stereocenters. The van der Waals surface area contributed by atoms with Gasteiger partial charge in [-0.05, 0) is 27.7 Å². The molecule has 0 aliphatic heterocycles. The van der Waals surface area contributed by atoms with Crippen molar-refractivity contribution >= 4 is 35.6 Å². The Labute approximate surface area is 119 Å². The van der Waals surface area contributed by atoms with Crippen LogP contribution in [-0.4, -0.2) is 42.2 Å². The minimum atomic E-state index is -0.250. The fourth-order valence-electron chi connectivity index (χ4n) is 0.203. The summed E-state index contributed by atoms with van der Waals surface area (Å²) in [4.78, 5) is 18.2. The van der Waals surface area contributed by atoms with Gasteiger partial charge in [-0.1, -0.05) is 0 Å². The van der Waals surface area contributed by atoms with Gasteiger partial charge in [0, 0.05) is 14.0 Å². The summed E-state index contributed by atoms with van der Waals surface area (Å²) < 4.78 is 9.34. The third-order valence-electron chi connectivity index (χ3n) is 0.960. The van der Waals surface area contributed by atoms with E-state index in [0.29, 0.717) is 6.61 Å². The lowest BCUT2D eigenvalue weighted by Gasteiger charge is -2.14. The Bertz CT molecular complexity index is 169. The van der Waals surface area contributed by atoms with Crippen molar-refractivity contribution in [3.63, 3.8) is 0 Å². The molecule has 0 spiro atoms. The van der Waals surface area contributed by atoms with Crippen molar-refractivity contribution in [3.05, 3.63) is 0 Å². The Balaban J connectivity index is -0.0000000770. The predicted octanol–water partition coefficient (Wildman–Crippen LogP) is 3.12. The van der Waals surface area contributed by atoms with Gasteiger partial charge in [0.1, 0.15) is 0 Å². The number of carbonyl (C=O) groups is 2. The number of esters is 1. The Morgan fingerprint density at radius 1 is 1.33 bits per heavy atom. The van der Waals surface area contributed by atoms with E-state index in [0.717, 1.165) is 0 Å². The van der Waals surface area contributed by atoms with Crippen molar-refractivity contribution in [2.45, 2.75) is 40.2 Å². The number of rotatable bonds is 1. The van der Waals surface area contributed by atoms with Crippen molar-refractivity contribution in [3.8, 4) is 0 Å². The second-order valence-electron chi connectivity index (χ2n) is 3.45. The average molecular weight is 307 g/mol. The third kappa shape index (κ3) is 108. The number of ether oxygens (including phenoxy) is 2.